The second kappa shape index (κ2) is 6.16. The van der Waals surface area contributed by atoms with E-state index >= 15 is 0 Å². The van der Waals surface area contributed by atoms with Crippen LogP contribution in [0, 0.1) is 19.8 Å². The molecule has 2 heterocycles. The minimum Gasteiger partial charge on any atom is -0.467 e. The van der Waals surface area contributed by atoms with Gasteiger partial charge in [0.05, 0.1) is 23.0 Å². The number of anilines is 1. The molecule has 0 unspecified atom stereocenters. The first-order valence-electron chi connectivity index (χ1n) is 7.67. The molecule has 0 spiro atoms. The summed E-state index contributed by atoms with van der Waals surface area (Å²) in [6, 6.07) is 7.92. The molecule has 0 atom stereocenters. The summed E-state index contributed by atoms with van der Waals surface area (Å²) in [6.45, 7) is 8.35. The molecular weight excluding hydrogens is 308 g/mol. The van der Waals surface area contributed by atoms with Crippen molar-refractivity contribution in [2.75, 3.05) is 4.90 Å². The van der Waals surface area contributed by atoms with Gasteiger partial charge in [0, 0.05) is 5.92 Å². The van der Waals surface area contributed by atoms with E-state index in [0.29, 0.717) is 6.54 Å². The molecule has 4 nitrogen and oxygen atoms in total. The summed E-state index contributed by atoms with van der Waals surface area (Å²) in [6.07, 6.45) is 1.62. The SMILES string of the molecule is Cc1cc(C)c2sc(N(Cc3ccco3)C(=O)C(C)C)nc2c1. The third kappa shape index (κ3) is 3.15. The summed E-state index contributed by atoms with van der Waals surface area (Å²) in [4.78, 5) is 19.1. The third-order valence-corrected chi connectivity index (χ3v) is 4.92. The van der Waals surface area contributed by atoms with Crippen LogP contribution in [0.5, 0.6) is 0 Å². The van der Waals surface area contributed by atoms with E-state index in [9.17, 15) is 4.79 Å². The van der Waals surface area contributed by atoms with Crippen LogP contribution in [0.4, 0.5) is 5.13 Å². The zero-order valence-electron chi connectivity index (χ0n) is 13.8. The van der Waals surface area contributed by atoms with Gasteiger partial charge in [-0.05, 0) is 43.2 Å². The molecule has 0 N–H and O–H groups in total. The first-order valence-corrected chi connectivity index (χ1v) is 8.49. The molecule has 1 amide bonds. The van der Waals surface area contributed by atoms with Crippen LogP contribution < -0.4 is 4.90 Å². The summed E-state index contributed by atoms with van der Waals surface area (Å²) in [7, 11) is 0. The van der Waals surface area contributed by atoms with Crippen LogP contribution in [0.2, 0.25) is 0 Å². The number of hydrogen-bond donors (Lipinski definition) is 0. The van der Waals surface area contributed by atoms with Crippen LogP contribution in [-0.2, 0) is 11.3 Å². The zero-order valence-corrected chi connectivity index (χ0v) is 14.6. The van der Waals surface area contributed by atoms with Crippen molar-refractivity contribution in [1.82, 2.24) is 4.98 Å². The summed E-state index contributed by atoms with van der Waals surface area (Å²) in [5.74, 6) is 0.709. The number of carbonyl (C=O) groups excluding carboxylic acids is 1. The Bertz CT molecular complexity index is 834. The number of benzene rings is 1. The molecule has 23 heavy (non-hydrogen) atoms. The number of carbonyl (C=O) groups is 1. The van der Waals surface area contributed by atoms with Crippen molar-refractivity contribution in [2.24, 2.45) is 5.92 Å². The molecule has 0 aliphatic carbocycles. The predicted octanol–water partition coefficient (Wildman–Crippen LogP) is 4.70. The predicted molar refractivity (Wildman–Crippen MR) is 93.8 cm³/mol. The van der Waals surface area contributed by atoms with Crippen LogP contribution >= 0.6 is 11.3 Å². The first-order chi connectivity index (χ1) is 11.0. The maximum Gasteiger partial charge on any atom is 0.231 e. The van der Waals surface area contributed by atoms with E-state index in [1.807, 2.05) is 26.0 Å². The van der Waals surface area contributed by atoms with E-state index in [4.69, 9.17) is 9.40 Å². The van der Waals surface area contributed by atoms with Crippen molar-refractivity contribution in [3.63, 3.8) is 0 Å². The van der Waals surface area contributed by atoms with Crippen molar-refractivity contribution < 1.29 is 9.21 Å². The number of fused-ring (bicyclic) bond motifs is 1. The molecule has 0 fully saturated rings. The molecule has 0 aliphatic heterocycles. The van der Waals surface area contributed by atoms with E-state index in [-0.39, 0.29) is 11.8 Å². The normalized spacial score (nSPS) is 11.3. The van der Waals surface area contributed by atoms with Gasteiger partial charge in [-0.15, -0.1) is 0 Å². The van der Waals surface area contributed by atoms with Gasteiger partial charge in [0.15, 0.2) is 5.13 Å². The highest BCUT2D eigenvalue weighted by Gasteiger charge is 2.23. The fraction of sp³-hybridized carbons (Fsp3) is 0.333. The Morgan fingerprint density at radius 3 is 2.78 bits per heavy atom. The average molecular weight is 328 g/mol. The largest absolute Gasteiger partial charge is 0.467 e. The van der Waals surface area contributed by atoms with Crippen LogP contribution in [0.15, 0.2) is 34.9 Å². The molecule has 2 aromatic heterocycles. The third-order valence-electron chi connectivity index (χ3n) is 3.69. The highest BCUT2D eigenvalue weighted by atomic mass is 32.1. The highest BCUT2D eigenvalue weighted by Crippen LogP contribution is 2.33. The van der Waals surface area contributed by atoms with Crippen molar-refractivity contribution in [1.29, 1.82) is 0 Å². The Hall–Kier alpha value is -2.14. The molecule has 3 rings (SSSR count). The molecular formula is C18H20N2O2S. The zero-order chi connectivity index (χ0) is 16.6. The van der Waals surface area contributed by atoms with Crippen molar-refractivity contribution in [2.45, 2.75) is 34.2 Å². The number of nitrogens with zero attached hydrogens (tertiary/aromatic N) is 2. The molecule has 5 heteroatoms. The van der Waals surface area contributed by atoms with Crippen molar-refractivity contribution >= 4 is 32.6 Å². The van der Waals surface area contributed by atoms with Gasteiger partial charge in [-0.3, -0.25) is 9.69 Å². The molecule has 1 aromatic carbocycles. The molecule has 0 saturated heterocycles. The van der Waals surface area contributed by atoms with Gasteiger partial charge < -0.3 is 4.42 Å². The fourth-order valence-electron chi connectivity index (χ4n) is 2.59. The highest BCUT2D eigenvalue weighted by molar-refractivity contribution is 7.22. The number of amides is 1. The summed E-state index contributed by atoms with van der Waals surface area (Å²) in [5.41, 5.74) is 3.32. The van der Waals surface area contributed by atoms with Gasteiger partial charge in [0.25, 0.3) is 0 Å². The second-order valence-corrected chi connectivity index (χ2v) is 7.06. The lowest BCUT2D eigenvalue weighted by Crippen LogP contribution is -2.33. The van der Waals surface area contributed by atoms with Gasteiger partial charge in [-0.25, -0.2) is 4.98 Å². The number of rotatable bonds is 4. The van der Waals surface area contributed by atoms with E-state index in [0.717, 1.165) is 21.1 Å². The van der Waals surface area contributed by atoms with E-state index in [1.54, 1.807) is 22.5 Å². The van der Waals surface area contributed by atoms with Crippen LogP contribution in [0.3, 0.4) is 0 Å². The summed E-state index contributed by atoms with van der Waals surface area (Å²) < 4.78 is 6.55. The van der Waals surface area contributed by atoms with Gasteiger partial charge in [-0.2, -0.15) is 0 Å². The molecule has 0 bridgehead atoms. The first kappa shape index (κ1) is 15.7. The van der Waals surface area contributed by atoms with E-state index in [1.165, 1.54) is 11.1 Å². The number of thiazole rings is 1. The van der Waals surface area contributed by atoms with Crippen LogP contribution in [0.1, 0.15) is 30.7 Å². The van der Waals surface area contributed by atoms with Crippen LogP contribution in [0.25, 0.3) is 10.2 Å². The lowest BCUT2D eigenvalue weighted by atomic mass is 10.1. The van der Waals surface area contributed by atoms with Gasteiger partial charge >= 0.3 is 0 Å². The number of aromatic nitrogens is 1. The number of aryl methyl sites for hydroxylation is 2. The monoisotopic (exact) mass is 328 g/mol. The quantitative estimate of drug-likeness (QED) is 0.697. The van der Waals surface area contributed by atoms with Crippen molar-refractivity contribution in [3.05, 3.63) is 47.4 Å². The Labute approximate surface area is 139 Å². The maximum atomic E-state index is 12.6. The van der Waals surface area contributed by atoms with Gasteiger partial charge in [0.1, 0.15) is 5.76 Å². The molecule has 3 aromatic rings. The standard InChI is InChI=1S/C18H20N2O2S/c1-11(2)17(21)20(10-14-6-5-7-22-14)18-19-15-9-12(3)8-13(4)16(15)23-18/h5-9,11H,10H2,1-4H3. The minimum atomic E-state index is -0.0974. The lowest BCUT2D eigenvalue weighted by molar-refractivity contribution is -0.121. The van der Waals surface area contributed by atoms with Crippen LogP contribution in [-0.4, -0.2) is 10.9 Å². The average Bonchev–Trinajstić information content (AvgIpc) is 3.12. The summed E-state index contributed by atoms with van der Waals surface area (Å²) >= 11 is 1.56. The Balaban J connectivity index is 2.05. The van der Waals surface area contributed by atoms with E-state index in [2.05, 4.69) is 26.0 Å². The van der Waals surface area contributed by atoms with Gasteiger partial charge in [0.2, 0.25) is 5.91 Å². The molecule has 120 valence electrons. The Morgan fingerprint density at radius 1 is 1.35 bits per heavy atom. The molecule has 0 aliphatic rings. The number of furan rings is 1. The minimum absolute atomic E-state index is 0.0508. The van der Waals surface area contributed by atoms with Crippen molar-refractivity contribution in [3.8, 4) is 0 Å². The summed E-state index contributed by atoms with van der Waals surface area (Å²) in [5, 5.41) is 0.726. The second-order valence-electron chi connectivity index (χ2n) is 6.08. The Kier molecular flexibility index (Phi) is 4.22. The lowest BCUT2D eigenvalue weighted by Gasteiger charge is -2.20. The number of hydrogen-bond acceptors (Lipinski definition) is 4. The van der Waals surface area contributed by atoms with Gasteiger partial charge in [-0.1, -0.05) is 31.3 Å². The topological polar surface area (TPSA) is 46.3 Å². The van der Waals surface area contributed by atoms with E-state index < -0.39 is 0 Å². The Morgan fingerprint density at radius 2 is 2.13 bits per heavy atom. The fourth-order valence-corrected chi connectivity index (χ4v) is 3.61. The maximum absolute atomic E-state index is 12.6. The molecule has 0 saturated carbocycles. The molecule has 0 radical (unpaired) electrons. The smallest absolute Gasteiger partial charge is 0.231 e.